The number of allylic oxidation sites excluding steroid dienone is 1. The van der Waals surface area contributed by atoms with Crippen molar-refractivity contribution in [3.05, 3.63) is 102 Å². The molecule has 3 aromatic carbocycles. The molecule has 132 valence electrons. The third-order valence-electron chi connectivity index (χ3n) is 4.46. The molecule has 3 aromatic rings. The Bertz CT molecular complexity index is 830. The summed E-state index contributed by atoms with van der Waals surface area (Å²) in [5, 5.41) is 0. The summed E-state index contributed by atoms with van der Waals surface area (Å²) in [6, 6.07) is 29.8. The molecule has 0 unspecified atom stereocenters. The van der Waals surface area contributed by atoms with E-state index in [1.54, 1.807) is 0 Å². The average Bonchev–Trinajstić information content (AvgIpc) is 2.72. The minimum atomic E-state index is 0.755. The van der Waals surface area contributed by atoms with Gasteiger partial charge in [-0.25, -0.2) is 0 Å². The van der Waals surface area contributed by atoms with Gasteiger partial charge in [-0.15, -0.1) is 0 Å². The standard InChI is InChI=1S/C25H26O/c1-3-19-26-23-17-15-22(16-18-23)25(21-13-9-6-10-14-21)24(4-2)20-11-7-5-8-12-20/h5-18H,3-4,19H2,1-2H3/b25-24-. The van der Waals surface area contributed by atoms with Crippen molar-refractivity contribution in [3.8, 4) is 5.75 Å². The summed E-state index contributed by atoms with van der Waals surface area (Å²) in [4.78, 5) is 0. The average molecular weight is 342 g/mol. The van der Waals surface area contributed by atoms with Gasteiger partial charge >= 0.3 is 0 Å². The second-order valence-electron chi connectivity index (χ2n) is 6.31. The first-order chi connectivity index (χ1) is 12.8. The lowest BCUT2D eigenvalue weighted by Gasteiger charge is -2.16. The van der Waals surface area contributed by atoms with E-state index >= 15 is 0 Å². The Morgan fingerprint density at radius 2 is 1.19 bits per heavy atom. The normalized spacial score (nSPS) is 11.8. The van der Waals surface area contributed by atoms with Crippen LogP contribution in [0.15, 0.2) is 84.9 Å². The second-order valence-corrected chi connectivity index (χ2v) is 6.31. The first kappa shape index (κ1) is 18.0. The smallest absolute Gasteiger partial charge is 0.119 e. The monoisotopic (exact) mass is 342 g/mol. The van der Waals surface area contributed by atoms with Crippen molar-refractivity contribution in [1.29, 1.82) is 0 Å². The Labute approximate surface area is 157 Å². The van der Waals surface area contributed by atoms with Gasteiger partial charge in [0.25, 0.3) is 0 Å². The van der Waals surface area contributed by atoms with Gasteiger partial charge in [-0.2, -0.15) is 0 Å². The highest BCUT2D eigenvalue weighted by Gasteiger charge is 2.12. The Morgan fingerprint density at radius 1 is 0.654 bits per heavy atom. The van der Waals surface area contributed by atoms with Crippen LogP contribution in [0.3, 0.4) is 0 Å². The Balaban J connectivity index is 2.11. The van der Waals surface area contributed by atoms with E-state index < -0.39 is 0 Å². The fraction of sp³-hybridized carbons (Fsp3) is 0.200. The minimum absolute atomic E-state index is 0.755. The third kappa shape index (κ3) is 4.23. The van der Waals surface area contributed by atoms with Gasteiger partial charge in [-0.1, -0.05) is 86.6 Å². The number of benzene rings is 3. The molecule has 0 spiro atoms. The molecule has 1 nitrogen and oxygen atoms in total. The molecule has 0 aliphatic rings. The molecule has 0 N–H and O–H groups in total. The third-order valence-corrected chi connectivity index (χ3v) is 4.46. The Kier molecular flexibility index (Phi) is 6.27. The predicted molar refractivity (Wildman–Crippen MR) is 111 cm³/mol. The molecule has 0 aliphatic heterocycles. The van der Waals surface area contributed by atoms with Crippen LogP contribution in [0.4, 0.5) is 0 Å². The zero-order valence-corrected chi connectivity index (χ0v) is 15.6. The lowest BCUT2D eigenvalue weighted by atomic mass is 9.88. The van der Waals surface area contributed by atoms with Crippen molar-refractivity contribution in [2.45, 2.75) is 26.7 Å². The van der Waals surface area contributed by atoms with Crippen molar-refractivity contribution < 1.29 is 4.74 Å². The molecular formula is C25H26O. The molecule has 26 heavy (non-hydrogen) atoms. The summed E-state index contributed by atoms with van der Waals surface area (Å²) in [7, 11) is 0. The van der Waals surface area contributed by atoms with E-state index in [1.807, 2.05) is 0 Å². The largest absolute Gasteiger partial charge is 0.494 e. The summed E-state index contributed by atoms with van der Waals surface area (Å²) in [5.41, 5.74) is 6.40. The summed E-state index contributed by atoms with van der Waals surface area (Å²) in [6.45, 7) is 5.10. The molecule has 0 aliphatic carbocycles. The molecule has 0 fully saturated rings. The molecule has 0 heterocycles. The molecule has 1 heteroatoms. The van der Waals surface area contributed by atoms with E-state index in [1.165, 1.54) is 27.8 Å². The van der Waals surface area contributed by atoms with E-state index in [0.717, 1.165) is 25.2 Å². The summed E-state index contributed by atoms with van der Waals surface area (Å²) in [5.74, 6) is 0.931. The van der Waals surface area contributed by atoms with Gasteiger partial charge in [0.1, 0.15) is 5.75 Å². The quantitative estimate of drug-likeness (QED) is 0.427. The van der Waals surface area contributed by atoms with Crippen LogP contribution in [0.1, 0.15) is 43.4 Å². The van der Waals surface area contributed by atoms with E-state index in [9.17, 15) is 0 Å². The number of rotatable bonds is 7. The van der Waals surface area contributed by atoms with E-state index in [2.05, 4.69) is 98.8 Å². The van der Waals surface area contributed by atoms with Crippen molar-refractivity contribution in [3.63, 3.8) is 0 Å². The van der Waals surface area contributed by atoms with Crippen molar-refractivity contribution in [2.75, 3.05) is 6.61 Å². The van der Waals surface area contributed by atoms with Crippen molar-refractivity contribution in [1.82, 2.24) is 0 Å². The highest BCUT2D eigenvalue weighted by molar-refractivity contribution is 5.98. The van der Waals surface area contributed by atoms with Gasteiger partial charge in [-0.3, -0.25) is 0 Å². The SMILES string of the molecule is CCCOc1ccc(/C(=C(/CC)c2ccccc2)c2ccccc2)cc1. The molecule has 0 amide bonds. The Morgan fingerprint density at radius 3 is 1.73 bits per heavy atom. The lowest BCUT2D eigenvalue weighted by Crippen LogP contribution is -1.97. The molecule has 0 saturated heterocycles. The van der Waals surface area contributed by atoms with Crippen molar-refractivity contribution in [2.24, 2.45) is 0 Å². The van der Waals surface area contributed by atoms with Gasteiger partial charge in [-0.05, 0) is 52.8 Å². The summed E-state index contributed by atoms with van der Waals surface area (Å²) < 4.78 is 5.75. The van der Waals surface area contributed by atoms with Crippen LogP contribution in [-0.4, -0.2) is 6.61 Å². The summed E-state index contributed by atoms with van der Waals surface area (Å²) in [6.07, 6.45) is 1.99. The number of hydrogen-bond donors (Lipinski definition) is 0. The van der Waals surface area contributed by atoms with Gasteiger partial charge < -0.3 is 4.74 Å². The first-order valence-electron chi connectivity index (χ1n) is 9.40. The van der Waals surface area contributed by atoms with Gasteiger partial charge in [0.2, 0.25) is 0 Å². The molecule has 0 bridgehead atoms. The molecular weight excluding hydrogens is 316 g/mol. The van der Waals surface area contributed by atoms with Gasteiger partial charge in [0, 0.05) is 0 Å². The molecule has 3 rings (SSSR count). The number of hydrogen-bond acceptors (Lipinski definition) is 1. The fourth-order valence-corrected chi connectivity index (χ4v) is 3.22. The van der Waals surface area contributed by atoms with E-state index in [0.29, 0.717) is 0 Å². The minimum Gasteiger partial charge on any atom is -0.494 e. The highest BCUT2D eigenvalue weighted by Crippen LogP contribution is 2.34. The summed E-state index contributed by atoms with van der Waals surface area (Å²) >= 11 is 0. The fourth-order valence-electron chi connectivity index (χ4n) is 3.22. The lowest BCUT2D eigenvalue weighted by molar-refractivity contribution is 0.317. The van der Waals surface area contributed by atoms with Crippen LogP contribution >= 0.6 is 0 Å². The van der Waals surface area contributed by atoms with Gasteiger partial charge in [0.05, 0.1) is 6.61 Å². The molecule has 0 radical (unpaired) electrons. The van der Waals surface area contributed by atoms with Crippen LogP contribution < -0.4 is 4.74 Å². The van der Waals surface area contributed by atoms with E-state index in [-0.39, 0.29) is 0 Å². The maximum Gasteiger partial charge on any atom is 0.119 e. The molecule has 0 saturated carbocycles. The van der Waals surface area contributed by atoms with Crippen LogP contribution in [0.2, 0.25) is 0 Å². The second kappa shape index (κ2) is 9.05. The zero-order valence-electron chi connectivity index (χ0n) is 15.6. The maximum atomic E-state index is 5.75. The van der Waals surface area contributed by atoms with Crippen LogP contribution in [0, 0.1) is 0 Å². The van der Waals surface area contributed by atoms with Gasteiger partial charge in [0.15, 0.2) is 0 Å². The zero-order chi connectivity index (χ0) is 18.2. The molecule has 0 aromatic heterocycles. The number of ether oxygens (including phenoxy) is 1. The highest BCUT2D eigenvalue weighted by atomic mass is 16.5. The first-order valence-corrected chi connectivity index (χ1v) is 9.40. The maximum absolute atomic E-state index is 5.75. The van der Waals surface area contributed by atoms with Crippen LogP contribution in [0.25, 0.3) is 11.1 Å². The molecule has 0 atom stereocenters. The van der Waals surface area contributed by atoms with Crippen LogP contribution in [0.5, 0.6) is 5.75 Å². The van der Waals surface area contributed by atoms with Crippen LogP contribution in [-0.2, 0) is 0 Å². The van der Waals surface area contributed by atoms with E-state index in [4.69, 9.17) is 4.74 Å². The van der Waals surface area contributed by atoms with Crippen molar-refractivity contribution >= 4 is 11.1 Å². The Hall–Kier alpha value is -2.80. The topological polar surface area (TPSA) is 9.23 Å². The predicted octanol–water partition coefficient (Wildman–Crippen LogP) is 6.84.